The third kappa shape index (κ3) is 3.93. The highest BCUT2D eigenvalue weighted by Crippen LogP contribution is 2.27. The number of aromatic nitrogens is 1. The van der Waals surface area contributed by atoms with Crippen LogP contribution in [0.1, 0.15) is 25.1 Å². The number of alkyl halides is 3. The van der Waals surface area contributed by atoms with E-state index < -0.39 is 11.9 Å². The zero-order valence-electron chi connectivity index (χ0n) is 11.8. The van der Waals surface area contributed by atoms with Crippen LogP contribution in [0.15, 0.2) is 18.3 Å². The molecule has 3 nitrogen and oxygen atoms in total. The van der Waals surface area contributed by atoms with Crippen LogP contribution < -0.4 is 0 Å². The molecule has 2 rings (SSSR count). The smallest absolute Gasteiger partial charge is 0.298 e. The van der Waals surface area contributed by atoms with Gasteiger partial charge in [-0.1, -0.05) is 6.07 Å². The number of halogens is 3. The Balaban J connectivity index is 1.89. The SMILES string of the molecule is CC(C)N1CCN(Cc2ccc(C(F)(F)F)nc2)CC1. The topological polar surface area (TPSA) is 19.4 Å². The zero-order chi connectivity index (χ0) is 14.8. The van der Waals surface area contributed by atoms with Gasteiger partial charge in [-0.3, -0.25) is 14.8 Å². The Hall–Kier alpha value is -1.14. The number of nitrogens with zero attached hydrogens (tertiary/aromatic N) is 3. The van der Waals surface area contributed by atoms with Gasteiger partial charge in [0.1, 0.15) is 5.69 Å². The molecule has 1 aliphatic rings. The summed E-state index contributed by atoms with van der Waals surface area (Å²) < 4.78 is 37.3. The van der Waals surface area contributed by atoms with Crippen molar-refractivity contribution in [1.82, 2.24) is 14.8 Å². The van der Waals surface area contributed by atoms with Crippen LogP contribution in [-0.2, 0) is 12.7 Å². The normalized spacial score (nSPS) is 18.7. The van der Waals surface area contributed by atoms with E-state index in [9.17, 15) is 13.2 Å². The Bertz CT molecular complexity index is 420. The number of piperazine rings is 1. The lowest BCUT2D eigenvalue weighted by molar-refractivity contribution is -0.141. The molecule has 0 spiro atoms. The van der Waals surface area contributed by atoms with Gasteiger partial charge in [-0.05, 0) is 25.5 Å². The second-order valence-corrected chi connectivity index (χ2v) is 5.46. The van der Waals surface area contributed by atoms with Crippen molar-refractivity contribution < 1.29 is 13.2 Å². The minimum Gasteiger partial charge on any atom is -0.298 e. The van der Waals surface area contributed by atoms with Gasteiger partial charge in [0.25, 0.3) is 0 Å². The highest BCUT2D eigenvalue weighted by atomic mass is 19.4. The predicted octanol–water partition coefficient (Wildman–Crippen LogP) is 2.63. The maximum atomic E-state index is 12.4. The molecule has 0 saturated carbocycles. The van der Waals surface area contributed by atoms with Crippen LogP contribution in [-0.4, -0.2) is 47.0 Å². The van der Waals surface area contributed by atoms with Crippen LogP contribution in [0.5, 0.6) is 0 Å². The van der Waals surface area contributed by atoms with E-state index in [2.05, 4.69) is 28.6 Å². The summed E-state index contributed by atoms with van der Waals surface area (Å²) in [5.41, 5.74) is 0.00174. The number of rotatable bonds is 3. The fourth-order valence-electron chi connectivity index (χ4n) is 2.38. The van der Waals surface area contributed by atoms with Crippen LogP contribution in [0.3, 0.4) is 0 Å². The Kier molecular flexibility index (Phi) is 4.65. The van der Waals surface area contributed by atoms with E-state index in [1.165, 1.54) is 12.3 Å². The van der Waals surface area contributed by atoms with Crippen molar-refractivity contribution in [3.05, 3.63) is 29.6 Å². The fraction of sp³-hybridized carbons (Fsp3) is 0.643. The van der Waals surface area contributed by atoms with Gasteiger partial charge in [-0.15, -0.1) is 0 Å². The van der Waals surface area contributed by atoms with Crippen molar-refractivity contribution in [2.45, 2.75) is 32.6 Å². The van der Waals surface area contributed by atoms with Gasteiger partial charge < -0.3 is 0 Å². The van der Waals surface area contributed by atoms with Gasteiger partial charge in [0.15, 0.2) is 0 Å². The Morgan fingerprint density at radius 3 is 2.25 bits per heavy atom. The molecular weight excluding hydrogens is 267 g/mol. The third-order valence-corrected chi connectivity index (χ3v) is 3.66. The van der Waals surface area contributed by atoms with Crippen molar-refractivity contribution in [2.75, 3.05) is 26.2 Å². The van der Waals surface area contributed by atoms with Gasteiger partial charge in [-0.25, -0.2) is 0 Å². The van der Waals surface area contributed by atoms with Gasteiger partial charge in [0.05, 0.1) is 0 Å². The molecule has 6 heteroatoms. The summed E-state index contributed by atoms with van der Waals surface area (Å²) in [6, 6.07) is 3.12. The first-order valence-electron chi connectivity index (χ1n) is 6.85. The number of pyridine rings is 1. The Morgan fingerprint density at radius 1 is 1.15 bits per heavy atom. The minimum atomic E-state index is -4.36. The van der Waals surface area contributed by atoms with Crippen LogP contribution in [0, 0.1) is 0 Å². The average molecular weight is 287 g/mol. The monoisotopic (exact) mass is 287 g/mol. The average Bonchev–Trinajstić information content (AvgIpc) is 2.39. The molecule has 0 radical (unpaired) electrons. The molecule has 0 aromatic carbocycles. The molecular formula is C14H20F3N3. The number of hydrogen-bond donors (Lipinski definition) is 0. The Morgan fingerprint density at radius 2 is 1.80 bits per heavy atom. The lowest BCUT2D eigenvalue weighted by atomic mass is 10.2. The maximum absolute atomic E-state index is 12.4. The van der Waals surface area contributed by atoms with Crippen molar-refractivity contribution in [3.63, 3.8) is 0 Å². The lowest BCUT2D eigenvalue weighted by Gasteiger charge is -2.36. The quantitative estimate of drug-likeness (QED) is 0.852. The molecule has 0 bridgehead atoms. The largest absolute Gasteiger partial charge is 0.433 e. The summed E-state index contributed by atoms with van der Waals surface area (Å²) in [7, 11) is 0. The maximum Gasteiger partial charge on any atom is 0.433 e. The van der Waals surface area contributed by atoms with Gasteiger partial charge in [0.2, 0.25) is 0 Å². The van der Waals surface area contributed by atoms with E-state index in [1.807, 2.05) is 0 Å². The molecule has 1 aromatic rings. The standard InChI is InChI=1S/C14H20F3N3/c1-11(2)20-7-5-19(6-8-20)10-12-3-4-13(18-9-12)14(15,16)17/h3-4,9,11H,5-8,10H2,1-2H3. The summed E-state index contributed by atoms with van der Waals surface area (Å²) >= 11 is 0. The molecule has 1 fully saturated rings. The first-order valence-corrected chi connectivity index (χ1v) is 6.85. The van der Waals surface area contributed by atoms with Crippen molar-refractivity contribution in [2.24, 2.45) is 0 Å². The van der Waals surface area contributed by atoms with Gasteiger partial charge in [-0.2, -0.15) is 13.2 Å². The van der Waals surface area contributed by atoms with Crippen LogP contribution in [0.4, 0.5) is 13.2 Å². The Labute approximate surface area is 117 Å². The molecule has 0 unspecified atom stereocenters. The van der Waals surface area contributed by atoms with E-state index in [-0.39, 0.29) is 0 Å². The predicted molar refractivity (Wildman–Crippen MR) is 71.2 cm³/mol. The fourth-order valence-corrected chi connectivity index (χ4v) is 2.38. The van der Waals surface area contributed by atoms with Gasteiger partial charge >= 0.3 is 6.18 Å². The molecule has 2 heterocycles. The molecule has 112 valence electrons. The molecule has 0 atom stereocenters. The first kappa shape index (κ1) is 15.3. The minimum absolute atomic E-state index is 0.546. The molecule has 1 saturated heterocycles. The molecule has 0 aliphatic carbocycles. The summed E-state index contributed by atoms with van der Waals surface area (Å²) in [4.78, 5) is 8.15. The highest BCUT2D eigenvalue weighted by Gasteiger charge is 2.32. The summed E-state index contributed by atoms with van der Waals surface area (Å²) in [6.07, 6.45) is -3.03. The van der Waals surface area contributed by atoms with E-state index >= 15 is 0 Å². The van der Waals surface area contributed by atoms with Crippen molar-refractivity contribution >= 4 is 0 Å². The molecule has 0 amide bonds. The molecule has 0 N–H and O–H groups in total. The summed E-state index contributed by atoms with van der Waals surface area (Å²) in [5.74, 6) is 0. The lowest BCUT2D eigenvalue weighted by Crippen LogP contribution is -2.48. The van der Waals surface area contributed by atoms with Crippen LogP contribution in [0.2, 0.25) is 0 Å². The molecule has 1 aromatic heterocycles. The zero-order valence-corrected chi connectivity index (χ0v) is 11.8. The van der Waals surface area contributed by atoms with E-state index in [0.717, 1.165) is 37.8 Å². The van der Waals surface area contributed by atoms with E-state index in [1.54, 1.807) is 0 Å². The molecule has 20 heavy (non-hydrogen) atoms. The van der Waals surface area contributed by atoms with E-state index in [4.69, 9.17) is 0 Å². The second kappa shape index (κ2) is 6.10. The number of hydrogen-bond acceptors (Lipinski definition) is 3. The van der Waals surface area contributed by atoms with Gasteiger partial charge in [0, 0.05) is 45.0 Å². The molecule has 1 aliphatic heterocycles. The highest BCUT2D eigenvalue weighted by molar-refractivity contribution is 5.16. The van der Waals surface area contributed by atoms with E-state index in [0.29, 0.717) is 12.6 Å². The van der Waals surface area contributed by atoms with Crippen molar-refractivity contribution in [3.8, 4) is 0 Å². The second-order valence-electron chi connectivity index (χ2n) is 5.46. The first-order chi connectivity index (χ1) is 9.36. The van der Waals surface area contributed by atoms with Crippen LogP contribution >= 0.6 is 0 Å². The summed E-state index contributed by atoms with van der Waals surface area (Å²) in [6.45, 7) is 8.91. The van der Waals surface area contributed by atoms with Crippen LogP contribution in [0.25, 0.3) is 0 Å². The summed E-state index contributed by atoms with van der Waals surface area (Å²) in [5, 5.41) is 0. The third-order valence-electron chi connectivity index (χ3n) is 3.66. The van der Waals surface area contributed by atoms with Crippen molar-refractivity contribution in [1.29, 1.82) is 0 Å².